The van der Waals surface area contributed by atoms with Gasteiger partial charge < -0.3 is 9.84 Å². The fraction of sp³-hybridized carbons (Fsp3) is 0.417. The lowest BCUT2D eigenvalue weighted by Crippen LogP contribution is -2.05. The minimum Gasteiger partial charge on any atom is -0.508 e. The number of ether oxygens (including phenoxy) is 1. The van der Waals surface area contributed by atoms with Gasteiger partial charge in [0.1, 0.15) is 5.75 Å². The molecule has 3 heteroatoms. The second-order valence-corrected chi connectivity index (χ2v) is 3.80. The van der Waals surface area contributed by atoms with Crippen LogP contribution in [0.1, 0.15) is 30.9 Å². The predicted octanol–water partition coefficient (Wildman–Crippen LogP) is 2.23. The Morgan fingerprint density at radius 3 is 2.67 bits per heavy atom. The van der Waals surface area contributed by atoms with E-state index in [4.69, 9.17) is 0 Å². The van der Waals surface area contributed by atoms with Crippen LogP contribution in [0.4, 0.5) is 0 Å². The van der Waals surface area contributed by atoms with Crippen molar-refractivity contribution in [2.45, 2.75) is 26.2 Å². The number of benzene rings is 1. The first-order valence-corrected chi connectivity index (χ1v) is 4.93. The summed E-state index contributed by atoms with van der Waals surface area (Å²) in [6.07, 6.45) is 0.247. The van der Waals surface area contributed by atoms with Gasteiger partial charge in [-0.25, -0.2) is 0 Å². The van der Waals surface area contributed by atoms with Crippen LogP contribution >= 0.6 is 0 Å². The van der Waals surface area contributed by atoms with Gasteiger partial charge in [0, 0.05) is 0 Å². The number of phenols is 1. The van der Waals surface area contributed by atoms with E-state index in [2.05, 4.69) is 4.74 Å². The Bertz CT molecular complexity index is 356. The molecule has 0 aliphatic heterocycles. The molecule has 1 aromatic rings. The molecule has 0 atom stereocenters. The molecule has 0 saturated carbocycles. The zero-order valence-electron chi connectivity index (χ0n) is 9.28. The molecule has 0 fully saturated rings. The van der Waals surface area contributed by atoms with E-state index in [0.717, 1.165) is 11.1 Å². The number of carbonyl (C=O) groups excluding carboxylic acids is 1. The van der Waals surface area contributed by atoms with E-state index in [9.17, 15) is 9.90 Å². The minimum atomic E-state index is -0.268. The zero-order chi connectivity index (χ0) is 11.4. The summed E-state index contributed by atoms with van der Waals surface area (Å²) in [5.74, 6) is 0.247. The monoisotopic (exact) mass is 208 g/mol. The van der Waals surface area contributed by atoms with E-state index in [0.29, 0.717) is 0 Å². The number of methoxy groups -OCH3 is 1. The lowest BCUT2D eigenvalue weighted by molar-refractivity contribution is -0.139. The number of phenolic OH excluding ortho intramolecular Hbond substituents is 1. The summed E-state index contributed by atoms with van der Waals surface area (Å²) < 4.78 is 4.58. The highest BCUT2D eigenvalue weighted by Crippen LogP contribution is 2.26. The molecule has 0 bridgehead atoms. The highest BCUT2D eigenvalue weighted by molar-refractivity contribution is 5.72. The van der Waals surface area contributed by atoms with E-state index in [1.807, 2.05) is 19.9 Å². The molecular weight excluding hydrogens is 192 g/mol. The van der Waals surface area contributed by atoms with Gasteiger partial charge in [0.15, 0.2) is 0 Å². The second kappa shape index (κ2) is 4.82. The van der Waals surface area contributed by atoms with Gasteiger partial charge in [-0.05, 0) is 23.1 Å². The van der Waals surface area contributed by atoms with Crippen molar-refractivity contribution in [3.8, 4) is 5.75 Å². The van der Waals surface area contributed by atoms with E-state index in [1.165, 1.54) is 7.11 Å². The molecule has 0 aromatic heterocycles. The van der Waals surface area contributed by atoms with Crippen LogP contribution in [-0.4, -0.2) is 18.2 Å². The molecule has 0 heterocycles. The van der Waals surface area contributed by atoms with E-state index >= 15 is 0 Å². The first kappa shape index (κ1) is 11.6. The Morgan fingerprint density at radius 1 is 1.47 bits per heavy atom. The maximum Gasteiger partial charge on any atom is 0.309 e. The summed E-state index contributed by atoms with van der Waals surface area (Å²) in [6.45, 7) is 3.99. The Labute approximate surface area is 89.7 Å². The highest BCUT2D eigenvalue weighted by Gasteiger charge is 2.09. The number of hydrogen-bond donors (Lipinski definition) is 1. The van der Waals surface area contributed by atoms with Gasteiger partial charge in [-0.1, -0.05) is 26.0 Å². The average molecular weight is 208 g/mol. The molecule has 15 heavy (non-hydrogen) atoms. The maximum atomic E-state index is 11.1. The summed E-state index contributed by atoms with van der Waals surface area (Å²) in [5.41, 5.74) is 1.72. The number of esters is 1. The number of hydrogen-bond acceptors (Lipinski definition) is 3. The zero-order valence-corrected chi connectivity index (χ0v) is 9.28. The van der Waals surface area contributed by atoms with Crippen LogP contribution in [0.25, 0.3) is 0 Å². The Balaban J connectivity index is 2.92. The van der Waals surface area contributed by atoms with Gasteiger partial charge in [-0.2, -0.15) is 0 Å². The fourth-order valence-corrected chi connectivity index (χ4v) is 1.42. The first-order chi connectivity index (χ1) is 7.04. The molecule has 0 aliphatic rings. The van der Waals surface area contributed by atoms with Gasteiger partial charge in [-0.3, -0.25) is 4.79 Å². The highest BCUT2D eigenvalue weighted by atomic mass is 16.5. The molecule has 1 N–H and O–H groups in total. The third-order valence-corrected chi connectivity index (χ3v) is 2.29. The Morgan fingerprint density at radius 2 is 2.13 bits per heavy atom. The summed E-state index contributed by atoms with van der Waals surface area (Å²) in [6, 6.07) is 5.20. The van der Waals surface area contributed by atoms with Gasteiger partial charge in [0.05, 0.1) is 13.5 Å². The summed E-state index contributed by atoms with van der Waals surface area (Å²) in [7, 11) is 1.37. The lowest BCUT2D eigenvalue weighted by atomic mass is 9.98. The largest absolute Gasteiger partial charge is 0.508 e. The Hall–Kier alpha value is -1.51. The van der Waals surface area contributed by atoms with Gasteiger partial charge >= 0.3 is 5.97 Å². The average Bonchev–Trinajstić information content (AvgIpc) is 2.20. The van der Waals surface area contributed by atoms with Crippen LogP contribution in [0.2, 0.25) is 0 Å². The first-order valence-electron chi connectivity index (χ1n) is 4.93. The third kappa shape index (κ3) is 2.98. The van der Waals surface area contributed by atoms with E-state index in [-0.39, 0.29) is 24.1 Å². The van der Waals surface area contributed by atoms with Crippen LogP contribution in [-0.2, 0) is 16.0 Å². The van der Waals surface area contributed by atoms with Crippen LogP contribution < -0.4 is 0 Å². The SMILES string of the molecule is COC(=O)Cc1ccc(O)c(C(C)C)c1. The topological polar surface area (TPSA) is 46.5 Å². The molecule has 0 aliphatic carbocycles. The predicted molar refractivity (Wildman–Crippen MR) is 57.9 cm³/mol. The molecule has 0 saturated heterocycles. The van der Waals surface area contributed by atoms with Crippen molar-refractivity contribution in [1.82, 2.24) is 0 Å². The molecule has 0 spiro atoms. The summed E-state index contributed by atoms with van der Waals surface area (Å²) in [4.78, 5) is 11.1. The van der Waals surface area contributed by atoms with E-state index < -0.39 is 0 Å². The second-order valence-electron chi connectivity index (χ2n) is 3.80. The van der Waals surface area contributed by atoms with Crippen molar-refractivity contribution < 1.29 is 14.6 Å². The molecule has 0 radical (unpaired) electrons. The number of aromatic hydroxyl groups is 1. The van der Waals surface area contributed by atoms with Crippen molar-refractivity contribution in [2.75, 3.05) is 7.11 Å². The van der Waals surface area contributed by atoms with Crippen LogP contribution in [0.15, 0.2) is 18.2 Å². The van der Waals surface area contributed by atoms with Crippen molar-refractivity contribution in [1.29, 1.82) is 0 Å². The smallest absolute Gasteiger partial charge is 0.309 e. The molecule has 1 aromatic carbocycles. The summed E-state index contributed by atoms with van der Waals surface area (Å²) in [5, 5.41) is 9.58. The lowest BCUT2D eigenvalue weighted by Gasteiger charge is -2.10. The van der Waals surface area contributed by atoms with E-state index in [1.54, 1.807) is 12.1 Å². The molecule has 82 valence electrons. The van der Waals surface area contributed by atoms with Gasteiger partial charge in [-0.15, -0.1) is 0 Å². The number of carbonyl (C=O) groups is 1. The van der Waals surface area contributed by atoms with Gasteiger partial charge in [0.25, 0.3) is 0 Å². The van der Waals surface area contributed by atoms with Crippen LogP contribution in [0.3, 0.4) is 0 Å². The van der Waals surface area contributed by atoms with Crippen molar-refractivity contribution >= 4 is 5.97 Å². The van der Waals surface area contributed by atoms with Crippen LogP contribution in [0.5, 0.6) is 5.75 Å². The molecular formula is C12H16O3. The summed E-state index contributed by atoms with van der Waals surface area (Å²) >= 11 is 0. The molecule has 0 amide bonds. The standard InChI is InChI=1S/C12H16O3/c1-8(2)10-6-9(4-5-11(10)13)7-12(14)15-3/h4-6,8,13H,7H2,1-3H3. The van der Waals surface area contributed by atoms with Gasteiger partial charge in [0.2, 0.25) is 0 Å². The molecule has 1 rings (SSSR count). The third-order valence-electron chi connectivity index (χ3n) is 2.29. The number of rotatable bonds is 3. The molecule has 3 nitrogen and oxygen atoms in total. The Kier molecular flexibility index (Phi) is 3.72. The van der Waals surface area contributed by atoms with Crippen molar-refractivity contribution in [3.63, 3.8) is 0 Å². The molecule has 0 unspecified atom stereocenters. The fourth-order valence-electron chi connectivity index (χ4n) is 1.42. The maximum absolute atomic E-state index is 11.1. The normalized spacial score (nSPS) is 10.4. The van der Waals surface area contributed by atoms with Crippen molar-refractivity contribution in [2.24, 2.45) is 0 Å². The van der Waals surface area contributed by atoms with Crippen LogP contribution in [0, 0.1) is 0 Å². The quantitative estimate of drug-likeness (QED) is 0.775. The van der Waals surface area contributed by atoms with Crippen molar-refractivity contribution in [3.05, 3.63) is 29.3 Å². The minimum absolute atomic E-state index is 0.239.